The number of nitrogen functional groups attached to an aromatic ring is 1. The number of rotatable bonds is 15. The molecule has 0 atom stereocenters. The molecule has 2 saturated heterocycles. The number of fused-ring (bicyclic) bond motifs is 2. The van der Waals surface area contributed by atoms with Crippen LogP contribution < -0.4 is 42.3 Å². The van der Waals surface area contributed by atoms with Crippen LogP contribution in [-0.2, 0) is 30.9 Å². The van der Waals surface area contributed by atoms with Gasteiger partial charge in [-0.3, -0.25) is 14.9 Å². The van der Waals surface area contributed by atoms with Gasteiger partial charge in [-0.1, -0.05) is 24.3 Å². The van der Waals surface area contributed by atoms with E-state index in [0.29, 0.717) is 30.9 Å². The lowest BCUT2D eigenvalue weighted by Crippen LogP contribution is -2.43. The summed E-state index contributed by atoms with van der Waals surface area (Å²) in [6.45, 7) is 18.0. The fourth-order valence-electron chi connectivity index (χ4n) is 8.85. The third-order valence-electron chi connectivity index (χ3n) is 13.0. The molecule has 4 aromatic carbocycles. The highest BCUT2D eigenvalue weighted by Crippen LogP contribution is 2.22. The molecule has 5 N–H and O–H groups in total. The number of nitrogens with zero attached hydrogens (tertiary/aromatic N) is 6. The maximum atomic E-state index is 12.5. The number of likely N-dealkylation sites (tertiary alicyclic amines) is 2. The number of hydrogen-bond acceptors (Lipinski definition) is 13. The molecule has 0 saturated carbocycles. The monoisotopic (exact) mass is 943 g/mol. The van der Waals surface area contributed by atoms with Gasteiger partial charge in [0.1, 0.15) is 17.1 Å². The summed E-state index contributed by atoms with van der Waals surface area (Å²) in [6.07, 6.45) is 6.62. The first kappa shape index (κ1) is 50.5. The fraction of sp³-hybridized carbons (Fsp3) is 0.453. The molecule has 8 rings (SSSR count). The Morgan fingerprint density at radius 2 is 1.12 bits per heavy atom. The van der Waals surface area contributed by atoms with E-state index in [4.69, 9.17) is 19.9 Å². The van der Waals surface area contributed by atoms with Gasteiger partial charge in [-0.05, 0) is 145 Å². The zero-order valence-corrected chi connectivity index (χ0v) is 41.3. The summed E-state index contributed by atoms with van der Waals surface area (Å²) in [4.78, 5) is 50.6. The zero-order chi connectivity index (χ0) is 49.1. The second-order valence-electron chi connectivity index (χ2n) is 19.2. The van der Waals surface area contributed by atoms with E-state index in [1.807, 2.05) is 83.1 Å². The van der Waals surface area contributed by atoms with Crippen molar-refractivity contribution in [3.8, 4) is 11.5 Å². The van der Waals surface area contributed by atoms with Crippen LogP contribution in [0.5, 0.6) is 11.5 Å². The number of aryl methyl sites for hydroxylation is 2. The summed E-state index contributed by atoms with van der Waals surface area (Å²) in [6, 6.07) is 24.6. The molecule has 0 radical (unpaired) electrons. The SMILES string of the molecule is COc1ccc2ncc(=O)n(CCN3CCC(NCc4ccc(C)c(N)c4)CC3)c2c1.COc1ccc2ncc(=O)n(CCN3CCC(NCc4ccc(C)c(NC(=O)OC(C)(C)C)c4)CC3)c2c1. The number of carbonyl (C=O) groups is 1. The molecule has 2 aromatic heterocycles. The zero-order valence-electron chi connectivity index (χ0n) is 41.3. The first-order chi connectivity index (χ1) is 33.1. The lowest BCUT2D eigenvalue weighted by molar-refractivity contribution is 0.0635. The molecule has 0 bridgehead atoms. The predicted octanol–water partition coefficient (Wildman–Crippen LogP) is 6.86. The van der Waals surface area contributed by atoms with Crippen molar-refractivity contribution in [1.82, 2.24) is 39.5 Å². The van der Waals surface area contributed by atoms with Gasteiger partial charge in [-0.2, -0.15) is 0 Å². The summed E-state index contributed by atoms with van der Waals surface area (Å²) in [7, 11) is 3.25. The average Bonchev–Trinajstić information content (AvgIpc) is 3.34. The van der Waals surface area contributed by atoms with Crippen LogP contribution in [0.15, 0.2) is 94.8 Å². The van der Waals surface area contributed by atoms with Gasteiger partial charge in [-0.25, -0.2) is 14.8 Å². The Kier molecular flexibility index (Phi) is 17.1. The summed E-state index contributed by atoms with van der Waals surface area (Å²) in [5.41, 5.74) is 14.6. The molecule has 69 heavy (non-hydrogen) atoms. The summed E-state index contributed by atoms with van der Waals surface area (Å²) in [5.74, 6) is 1.45. The molecule has 16 nitrogen and oxygen atoms in total. The number of aromatic nitrogens is 4. The Balaban J connectivity index is 0.000000208. The predicted molar refractivity (Wildman–Crippen MR) is 274 cm³/mol. The van der Waals surface area contributed by atoms with Crippen molar-refractivity contribution in [1.29, 1.82) is 0 Å². The fourth-order valence-corrected chi connectivity index (χ4v) is 8.85. The van der Waals surface area contributed by atoms with Gasteiger partial charge in [0.25, 0.3) is 11.1 Å². The molecule has 1 amide bonds. The second-order valence-corrected chi connectivity index (χ2v) is 19.2. The molecule has 2 fully saturated rings. The van der Waals surface area contributed by atoms with Crippen molar-refractivity contribution in [2.24, 2.45) is 0 Å². The highest BCUT2D eigenvalue weighted by Gasteiger charge is 2.22. The van der Waals surface area contributed by atoms with Crippen LogP contribution in [0.4, 0.5) is 16.2 Å². The minimum Gasteiger partial charge on any atom is -0.497 e. The maximum absolute atomic E-state index is 12.5. The number of piperidine rings is 2. The summed E-state index contributed by atoms with van der Waals surface area (Å²) in [5, 5.41) is 10.2. The Bertz CT molecular complexity index is 2810. The lowest BCUT2D eigenvalue weighted by atomic mass is 10.0. The van der Waals surface area contributed by atoms with Crippen LogP contribution in [0.3, 0.4) is 0 Å². The molecular weight excluding hydrogens is 873 g/mol. The summed E-state index contributed by atoms with van der Waals surface area (Å²) >= 11 is 0. The number of carbonyl (C=O) groups excluding carboxylic acids is 1. The molecule has 0 aliphatic carbocycles. The molecule has 368 valence electrons. The van der Waals surface area contributed by atoms with E-state index >= 15 is 0 Å². The second kappa shape index (κ2) is 23.3. The number of amides is 1. The number of methoxy groups -OCH3 is 2. The van der Waals surface area contributed by atoms with E-state index in [0.717, 1.165) is 134 Å². The standard InChI is InChI=1S/C29H39N5O4.C24H31N5O2/c1-20-6-7-21(16-25(20)32-28(36)38-29(2,3)4)18-30-22-10-12-33(13-11-22)14-15-34-26-17-23(37-5)8-9-24(26)31-19-27(34)35;1-17-3-4-18(13-21(17)25)15-26-19-7-9-28(10-8-19)11-12-29-23-14-20(31-2)5-6-22(23)27-16-24(29)30/h6-9,16-17,19,22,30H,10-15,18H2,1-5H3,(H,32,36);3-6,13-14,16,19,26H,7-12,15,25H2,1-2H3. The molecule has 0 spiro atoms. The number of nitrogens with two attached hydrogens (primary N) is 1. The van der Waals surface area contributed by atoms with Gasteiger partial charge in [0, 0.05) is 74.9 Å². The largest absolute Gasteiger partial charge is 0.497 e. The van der Waals surface area contributed by atoms with E-state index in [9.17, 15) is 14.4 Å². The molecule has 6 aromatic rings. The van der Waals surface area contributed by atoms with Crippen molar-refractivity contribution in [2.45, 2.75) is 104 Å². The highest BCUT2D eigenvalue weighted by atomic mass is 16.6. The van der Waals surface area contributed by atoms with Gasteiger partial charge in [0.2, 0.25) is 0 Å². The van der Waals surface area contributed by atoms with Gasteiger partial charge >= 0.3 is 6.09 Å². The van der Waals surface area contributed by atoms with Crippen molar-refractivity contribution >= 4 is 39.5 Å². The number of nitrogens with one attached hydrogen (secondary N) is 3. The van der Waals surface area contributed by atoms with Gasteiger partial charge < -0.3 is 49.5 Å². The van der Waals surface area contributed by atoms with Crippen LogP contribution in [0.25, 0.3) is 22.1 Å². The molecule has 2 aliphatic heterocycles. The summed E-state index contributed by atoms with van der Waals surface area (Å²) < 4.78 is 19.6. The Hall–Kier alpha value is -6.33. The van der Waals surface area contributed by atoms with Crippen molar-refractivity contribution in [2.75, 3.05) is 64.5 Å². The third kappa shape index (κ3) is 14.1. The van der Waals surface area contributed by atoms with E-state index < -0.39 is 11.7 Å². The smallest absolute Gasteiger partial charge is 0.412 e. The normalized spacial score (nSPS) is 15.2. The topological polar surface area (TPSA) is 183 Å². The first-order valence-electron chi connectivity index (χ1n) is 24.1. The van der Waals surface area contributed by atoms with Crippen molar-refractivity contribution in [3.63, 3.8) is 0 Å². The van der Waals surface area contributed by atoms with E-state index in [-0.39, 0.29) is 11.1 Å². The van der Waals surface area contributed by atoms with E-state index in [2.05, 4.69) is 60.0 Å². The minimum absolute atomic E-state index is 0.0744. The van der Waals surface area contributed by atoms with Gasteiger partial charge in [0.05, 0.1) is 48.7 Å². The van der Waals surface area contributed by atoms with E-state index in [1.165, 1.54) is 18.0 Å². The van der Waals surface area contributed by atoms with Crippen LogP contribution in [0.1, 0.15) is 68.7 Å². The number of benzene rings is 4. The minimum atomic E-state index is -0.540. The Morgan fingerprint density at radius 1 is 0.652 bits per heavy atom. The molecule has 0 unspecified atom stereocenters. The van der Waals surface area contributed by atoms with Crippen LogP contribution in [0.2, 0.25) is 0 Å². The van der Waals surface area contributed by atoms with Crippen molar-refractivity contribution < 1.29 is 19.0 Å². The van der Waals surface area contributed by atoms with Crippen molar-refractivity contribution in [3.05, 3.63) is 128 Å². The Morgan fingerprint density at radius 3 is 1.57 bits per heavy atom. The van der Waals surface area contributed by atoms with Crippen LogP contribution in [-0.4, -0.2) is 106 Å². The van der Waals surface area contributed by atoms with E-state index in [1.54, 1.807) is 23.4 Å². The maximum Gasteiger partial charge on any atom is 0.412 e. The lowest BCUT2D eigenvalue weighted by Gasteiger charge is -2.32. The first-order valence-corrected chi connectivity index (χ1v) is 24.1. The highest BCUT2D eigenvalue weighted by molar-refractivity contribution is 5.86. The van der Waals surface area contributed by atoms with Gasteiger partial charge in [-0.15, -0.1) is 0 Å². The molecule has 2 aliphatic rings. The number of ether oxygens (including phenoxy) is 3. The van der Waals surface area contributed by atoms with Crippen LogP contribution in [0, 0.1) is 13.8 Å². The number of hydrogen-bond donors (Lipinski definition) is 4. The molecule has 16 heteroatoms. The Labute approximate surface area is 405 Å². The molecular formula is C53H70N10O6. The van der Waals surface area contributed by atoms with Gasteiger partial charge in [0.15, 0.2) is 0 Å². The third-order valence-corrected chi connectivity index (χ3v) is 13.0. The quantitative estimate of drug-likeness (QED) is 0.0785. The van der Waals surface area contributed by atoms with Crippen LogP contribution >= 0.6 is 0 Å². The average molecular weight is 943 g/mol. The molecule has 4 heterocycles. The number of anilines is 2.